The number of hydrogen-bond acceptors (Lipinski definition) is 4. The van der Waals surface area contributed by atoms with Crippen LogP contribution in [0.1, 0.15) is 38.3 Å². The summed E-state index contributed by atoms with van der Waals surface area (Å²) < 4.78 is 28.0. The average Bonchev–Trinajstić information content (AvgIpc) is 2.99. The highest BCUT2D eigenvalue weighted by Crippen LogP contribution is 2.30. The topological polar surface area (TPSA) is 73.4 Å². The largest absolute Gasteiger partial charge is 0.481 e. The molecule has 0 aliphatic carbocycles. The average molecular weight is 341 g/mol. The van der Waals surface area contributed by atoms with Crippen LogP contribution < -0.4 is 16.2 Å². The van der Waals surface area contributed by atoms with Crippen molar-refractivity contribution < 1.29 is 18.7 Å². The zero-order valence-corrected chi connectivity index (χ0v) is 14.0. The molecule has 0 bridgehead atoms. The first-order valence-electron chi connectivity index (χ1n) is 8.31. The van der Waals surface area contributed by atoms with Crippen LogP contribution in [0.15, 0.2) is 18.2 Å². The van der Waals surface area contributed by atoms with Gasteiger partial charge in [-0.1, -0.05) is 19.9 Å². The molecular weight excluding hydrogens is 316 g/mol. The normalized spacial score (nSPS) is 21.2. The quantitative estimate of drug-likeness (QED) is 0.583. The zero-order valence-electron chi connectivity index (χ0n) is 14.0. The summed E-state index contributed by atoms with van der Waals surface area (Å²) in [5, 5.41) is 12.6. The highest BCUT2D eigenvalue weighted by atomic mass is 19.1. The van der Waals surface area contributed by atoms with Gasteiger partial charge in [-0.2, -0.15) is 0 Å². The first kappa shape index (κ1) is 18.8. The lowest BCUT2D eigenvalue weighted by Crippen LogP contribution is -2.42. The van der Waals surface area contributed by atoms with Gasteiger partial charge in [-0.25, -0.2) is 14.2 Å². The number of carbonyl (C=O) groups is 1. The van der Waals surface area contributed by atoms with Gasteiger partial charge < -0.3 is 10.4 Å². The number of benzene rings is 1. The van der Waals surface area contributed by atoms with Gasteiger partial charge in [-0.05, 0) is 25.0 Å². The predicted molar refractivity (Wildman–Crippen MR) is 87.2 cm³/mol. The molecule has 4 N–H and O–H groups in total. The van der Waals surface area contributed by atoms with Crippen LogP contribution in [0, 0.1) is 23.0 Å². The molecule has 2 unspecified atom stereocenters. The Balaban J connectivity index is 2.03. The van der Waals surface area contributed by atoms with E-state index in [0.717, 1.165) is 0 Å². The second-order valence-corrected chi connectivity index (χ2v) is 6.32. The van der Waals surface area contributed by atoms with Crippen molar-refractivity contribution in [2.45, 2.75) is 32.7 Å². The van der Waals surface area contributed by atoms with Crippen LogP contribution in [-0.4, -0.2) is 30.7 Å². The minimum absolute atomic E-state index is 0.0183. The molecule has 7 heteroatoms. The standard InChI is InChI=1S/C17H25F2N3O2/c1-3-17(4-2,16(23)24)10-20-8-11-9-21-22-15(11)14-12(18)6-5-7-13(14)19/h5-7,11,15,20-22H,3-4,8-10H2,1-2H3,(H,23,24). The first-order chi connectivity index (χ1) is 11.4. The molecule has 0 saturated carbocycles. The van der Waals surface area contributed by atoms with E-state index in [2.05, 4.69) is 16.2 Å². The van der Waals surface area contributed by atoms with Crippen molar-refractivity contribution >= 4 is 5.97 Å². The fourth-order valence-electron chi connectivity index (χ4n) is 3.22. The summed E-state index contributed by atoms with van der Waals surface area (Å²) in [6.07, 6.45) is 1.05. The Morgan fingerprint density at radius 3 is 2.50 bits per heavy atom. The van der Waals surface area contributed by atoms with E-state index in [4.69, 9.17) is 0 Å². The summed E-state index contributed by atoms with van der Waals surface area (Å²) in [6.45, 7) is 5.06. The maximum atomic E-state index is 14.0. The fraction of sp³-hybridized carbons (Fsp3) is 0.588. The van der Waals surface area contributed by atoms with Crippen molar-refractivity contribution in [3.05, 3.63) is 35.4 Å². The molecule has 1 aromatic carbocycles. The molecule has 2 atom stereocenters. The highest BCUT2D eigenvalue weighted by Gasteiger charge is 2.36. The van der Waals surface area contributed by atoms with Gasteiger partial charge in [-0.15, -0.1) is 0 Å². The first-order valence-corrected chi connectivity index (χ1v) is 8.31. The number of hydrogen-bond donors (Lipinski definition) is 4. The van der Waals surface area contributed by atoms with Crippen molar-refractivity contribution in [2.75, 3.05) is 19.6 Å². The van der Waals surface area contributed by atoms with E-state index in [1.165, 1.54) is 18.2 Å². The van der Waals surface area contributed by atoms with Crippen LogP contribution in [0.5, 0.6) is 0 Å². The Bertz CT molecular complexity index is 559. The summed E-state index contributed by atoms with van der Waals surface area (Å²) in [5.41, 5.74) is 5.06. The van der Waals surface area contributed by atoms with Gasteiger partial charge in [0.15, 0.2) is 0 Å². The van der Waals surface area contributed by atoms with Crippen LogP contribution in [0.4, 0.5) is 8.78 Å². The summed E-state index contributed by atoms with van der Waals surface area (Å²) in [6, 6.07) is 3.33. The summed E-state index contributed by atoms with van der Waals surface area (Å²) in [5.74, 6) is -2.07. The van der Waals surface area contributed by atoms with Gasteiger partial charge in [-0.3, -0.25) is 10.2 Å². The predicted octanol–water partition coefficient (Wildman–Crippen LogP) is 2.21. The van der Waals surface area contributed by atoms with Crippen LogP contribution in [0.2, 0.25) is 0 Å². The Labute approximate surface area is 140 Å². The molecule has 0 spiro atoms. The van der Waals surface area contributed by atoms with E-state index in [1.54, 1.807) is 0 Å². The number of rotatable bonds is 8. The number of aliphatic carboxylic acids is 1. The van der Waals surface area contributed by atoms with E-state index in [0.29, 0.717) is 32.5 Å². The maximum Gasteiger partial charge on any atom is 0.310 e. The van der Waals surface area contributed by atoms with Gasteiger partial charge in [0.2, 0.25) is 0 Å². The van der Waals surface area contributed by atoms with Crippen molar-refractivity contribution in [3.63, 3.8) is 0 Å². The Morgan fingerprint density at radius 2 is 1.96 bits per heavy atom. The number of carboxylic acid groups (broad SMARTS) is 1. The monoisotopic (exact) mass is 341 g/mol. The van der Waals surface area contributed by atoms with Crippen LogP contribution in [-0.2, 0) is 4.79 Å². The maximum absolute atomic E-state index is 14.0. The summed E-state index contributed by atoms with van der Waals surface area (Å²) in [7, 11) is 0. The van der Waals surface area contributed by atoms with E-state index in [9.17, 15) is 18.7 Å². The molecule has 0 radical (unpaired) electrons. The molecule has 5 nitrogen and oxygen atoms in total. The number of hydrazine groups is 1. The molecule has 1 aliphatic rings. The molecular formula is C17H25F2N3O2. The molecule has 0 aromatic heterocycles. The second-order valence-electron chi connectivity index (χ2n) is 6.32. The number of halogens is 2. The third kappa shape index (κ3) is 3.74. The fourth-order valence-corrected chi connectivity index (χ4v) is 3.22. The van der Waals surface area contributed by atoms with Crippen LogP contribution in [0.3, 0.4) is 0 Å². The van der Waals surface area contributed by atoms with Crippen molar-refractivity contribution in [1.29, 1.82) is 0 Å². The van der Waals surface area contributed by atoms with E-state index in [-0.39, 0.29) is 11.5 Å². The van der Waals surface area contributed by atoms with E-state index < -0.39 is 29.1 Å². The van der Waals surface area contributed by atoms with Gasteiger partial charge in [0.05, 0.1) is 11.5 Å². The van der Waals surface area contributed by atoms with Gasteiger partial charge in [0.1, 0.15) is 11.6 Å². The van der Waals surface area contributed by atoms with Crippen molar-refractivity contribution in [1.82, 2.24) is 16.2 Å². The number of nitrogens with one attached hydrogen (secondary N) is 3. The summed E-state index contributed by atoms with van der Waals surface area (Å²) >= 11 is 0. The lowest BCUT2D eigenvalue weighted by atomic mass is 9.82. The molecule has 0 amide bonds. The van der Waals surface area contributed by atoms with Crippen LogP contribution in [0.25, 0.3) is 0 Å². The van der Waals surface area contributed by atoms with Crippen LogP contribution >= 0.6 is 0 Å². The molecule has 1 aromatic rings. The third-order valence-electron chi connectivity index (χ3n) is 5.08. The SMILES string of the molecule is CCC(CC)(CNCC1CNNC1c1c(F)cccc1F)C(=O)O. The molecule has 1 saturated heterocycles. The van der Waals surface area contributed by atoms with Gasteiger partial charge in [0.25, 0.3) is 0 Å². The Kier molecular flexibility index (Phi) is 6.26. The second kappa shape index (κ2) is 8.00. The molecule has 24 heavy (non-hydrogen) atoms. The highest BCUT2D eigenvalue weighted by molar-refractivity contribution is 5.74. The zero-order chi connectivity index (χ0) is 17.7. The van der Waals surface area contributed by atoms with Gasteiger partial charge in [0, 0.05) is 31.1 Å². The van der Waals surface area contributed by atoms with Crippen molar-refractivity contribution in [3.8, 4) is 0 Å². The molecule has 1 fully saturated rings. The van der Waals surface area contributed by atoms with Gasteiger partial charge >= 0.3 is 5.97 Å². The molecule has 1 heterocycles. The number of carboxylic acids is 1. The Hall–Kier alpha value is -1.57. The third-order valence-corrected chi connectivity index (χ3v) is 5.08. The molecule has 2 rings (SSSR count). The minimum atomic E-state index is -0.820. The van der Waals surface area contributed by atoms with E-state index in [1.807, 2.05) is 13.8 Å². The van der Waals surface area contributed by atoms with Crippen molar-refractivity contribution in [2.24, 2.45) is 11.3 Å². The molecule has 1 aliphatic heterocycles. The van der Waals surface area contributed by atoms with E-state index >= 15 is 0 Å². The Morgan fingerprint density at radius 1 is 1.33 bits per heavy atom. The molecule has 134 valence electrons. The lowest BCUT2D eigenvalue weighted by Gasteiger charge is -2.28. The summed E-state index contributed by atoms with van der Waals surface area (Å²) in [4.78, 5) is 11.5. The minimum Gasteiger partial charge on any atom is -0.481 e. The smallest absolute Gasteiger partial charge is 0.310 e. The lowest BCUT2D eigenvalue weighted by molar-refractivity contribution is -0.149.